The van der Waals surface area contributed by atoms with Gasteiger partial charge in [-0.15, -0.1) is 0 Å². The zero-order valence-corrected chi connectivity index (χ0v) is 19.6. The Morgan fingerprint density at radius 1 is 0.909 bits per heavy atom. The summed E-state index contributed by atoms with van der Waals surface area (Å²) < 4.78 is 11.4. The van der Waals surface area contributed by atoms with E-state index in [1.54, 1.807) is 12.1 Å². The Hall–Kier alpha value is -3.06. The molecule has 0 saturated carbocycles. The van der Waals surface area contributed by atoms with Crippen molar-refractivity contribution in [1.29, 1.82) is 0 Å². The number of carbonyl (C=O) groups excluding carboxylic acids is 2. The van der Waals surface area contributed by atoms with Crippen LogP contribution in [0.25, 0.3) is 0 Å². The van der Waals surface area contributed by atoms with Crippen LogP contribution in [-0.4, -0.2) is 74.1 Å². The van der Waals surface area contributed by atoms with Gasteiger partial charge >= 0.3 is 0 Å². The SMILES string of the molecule is CCCOc1ccc(C(=O)N2CCN(CC(=O)N3CCc4ccccc43)CC2)cc1OCC. The van der Waals surface area contributed by atoms with Crippen LogP contribution in [0.5, 0.6) is 11.5 Å². The molecule has 176 valence electrons. The van der Waals surface area contributed by atoms with Gasteiger partial charge in [0.2, 0.25) is 5.91 Å². The predicted molar refractivity (Wildman–Crippen MR) is 128 cm³/mol. The zero-order chi connectivity index (χ0) is 23.2. The smallest absolute Gasteiger partial charge is 0.254 e. The number of amides is 2. The topological polar surface area (TPSA) is 62.3 Å². The van der Waals surface area contributed by atoms with Crippen molar-refractivity contribution in [3.05, 3.63) is 53.6 Å². The summed E-state index contributed by atoms with van der Waals surface area (Å²) in [5.41, 5.74) is 2.87. The van der Waals surface area contributed by atoms with Crippen LogP contribution >= 0.6 is 0 Å². The second-order valence-electron chi connectivity index (χ2n) is 8.44. The second-order valence-corrected chi connectivity index (χ2v) is 8.44. The van der Waals surface area contributed by atoms with E-state index in [4.69, 9.17) is 9.47 Å². The van der Waals surface area contributed by atoms with Crippen molar-refractivity contribution in [2.24, 2.45) is 0 Å². The summed E-state index contributed by atoms with van der Waals surface area (Å²) >= 11 is 0. The highest BCUT2D eigenvalue weighted by molar-refractivity contribution is 5.97. The van der Waals surface area contributed by atoms with Crippen molar-refractivity contribution in [2.75, 3.05) is 57.4 Å². The van der Waals surface area contributed by atoms with Gasteiger partial charge in [-0.05, 0) is 49.6 Å². The van der Waals surface area contributed by atoms with Crippen molar-refractivity contribution in [2.45, 2.75) is 26.7 Å². The normalized spacial score (nSPS) is 15.9. The van der Waals surface area contributed by atoms with Crippen LogP contribution in [-0.2, 0) is 11.2 Å². The van der Waals surface area contributed by atoms with Gasteiger partial charge in [-0.3, -0.25) is 14.5 Å². The van der Waals surface area contributed by atoms with Crippen molar-refractivity contribution in [1.82, 2.24) is 9.80 Å². The van der Waals surface area contributed by atoms with Gasteiger partial charge in [0.1, 0.15) is 0 Å². The molecule has 2 amide bonds. The monoisotopic (exact) mass is 451 g/mol. The molecule has 2 aliphatic rings. The van der Waals surface area contributed by atoms with E-state index in [0.29, 0.717) is 63.0 Å². The molecule has 2 aromatic carbocycles. The first-order chi connectivity index (χ1) is 16.1. The molecule has 0 aliphatic carbocycles. The molecule has 7 nitrogen and oxygen atoms in total. The molecule has 33 heavy (non-hydrogen) atoms. The van der Waals surface area contributed by atoms with Gasteiger partial charge in [-0.1, -0.05) is 25.1 Å². The van der Waals surface area contributed by atoms with Crippen LogP contribution in [0.3, 0.4) is 0 Å². The molecule has 0 unspecified atom stereocenters. The van der Waals surface area contributed by atoms with E-state index in [1.165, 1.54) is 5.56 Å². The minimum atomic E-state index is -0.0163. The quantitative estimate of drug-likeness (QED) is 0.617. The van der Waals surface area contributed by atoms with Crippen molar-refractivity contribution < 1.29 is 19.1 Å². The van der Waals surface area contributed by atoms with Crippen LogP contribution in [0.4, 0.5) is 5.69 Å². The maximum Gasteiger partial charge on any atom is 0.254 e. The molecule has 4 rings (SSSR count). The molecule has 1 fully saturated rings. The molecule has 0 bridgehead atoms. The van der Waals surface area contributed by atoms with Gasteiger partial charge in [-0.25, -0.2) is 0 Å². The van der Waals surface area contributed by atoms with E-state index in [9.17, 15) is 9.59 Å². The predicted octanol–water partition coefficient (Wildman–Crippen LogP) is 3.22. The fraction of sp³-hybridized carbons (Fsp3) is 0.462. The summed E-state index contributed by atoms with van der Waals surface area (Å²) in [5.74, 6) is 1.38. The van der Waals surface area contributed by atoms with Crippen molar-refractivity contribution in [3.63, 3.8) is 0 Å². The van der Waals surface area contributed by atoms with Crippen LogP contribution in [0.2, 0.25) is 0 Å². The minimum Gasteiger partial charge on any atom is -0.490 e. The maximum absolute atomic E-state index is 13.1. The first-order valence-electron chi connectivity index (χ1n) is 11.9. The summed E-state index contributed by atoms with van der Waals surface area (Å²) in [7, 11) is 0. The van der Waals surface area contributed by atoms with Crippen molar-refractivity contribution >= 4 is 17.5 Å². The van der Waals surface area contributed by atoms with Crippen molar-refractivity contribution in [3.8, 4) is 11.5 Å². The molecule has 2 aliphatic heterocycles. The number of nitrogens with zero attached hydrogens (tertiary/aromatic N) is 3. The molecule has 0 atom stereocenters. The van der Waals surface area contributed by atoms with E-state index in [2.05, 4.69) is 17.9 Å². The first-order valence-corrected chi connectivity index (χ1v) is 11.9. The third-order valence-electron chi connectivity index (χ3n) is 6.16. The highest BCUT2D eigenvalue weighted by atomic mass is 16.5. The van der Waals surface area contributed by atoms with E-state index >= 15 is 0 Å². The molecule has 2 aromatic rings. The largest absolute Gasteiger partial charge is 0.490 e. The number of piperazine rings is 1. The number of hydrogen-bond acceptors (Lipinski definition) is 5. The highest BCUT2D eigenvalue weighted by Crippen LogP contribution is 2.30. The molecule has 1 saturated heterocycles. The fourth-order valence-corrected chi connectivity index (χ4v) is 4.41. The Morgan fingerprint density at radius 3 is 2.45 bits per heavy atom. The summed E-state index contributed by atoms with van der Waals surface area (Å²) in [4.78, 5) is 31.9. The number of para-hydroxylation sites is 1. The van der Waals surface area contributed by atoms with Gasteiger partial charge in [0.15, 0.2) is 11.5 Å². The Morgan fingerprint density at radius 2 is 1.70 bits per heavy atom. The zero-order valence-electron chi connectivity index (χ0n) is 19.6. The third kappa shape index (κ3) is 5.30. The van der Waals surface area contributed by atoms with Gasteiger partial charge in [0, 0.05) is 44.0 Å². The lowest BCUT2D eigenvalue weighted by Gasteiger charge is -2.35. The fourth-order valence-electron chi connectivity index (χ4n) is 4.41. The van der Waals surface area contributed by atoms with Gasteiger partial charge in [0.05, 0.1) is 19.8 Å². The number of hydrogen-bond donors (Lipinski definition) is 0. The Balaban J connectivity index is 1.33. The second kappa shape index (κ2) is 10.7. The summed E-state index contributed by atoms with van der Waals surface area (Å²) in [5, 5.41) is 0. The Bertz CT molecular complexity index is 985. The molecular weight excluding hydrogens is 418 g/mol. The van der Waals surface area contributed by atoms with Crippen LogP contribution in [0.15, 0.2) is 42.5 Å². The molecule has 7 heteroatoms. The lowest BCUT2D eigenvalue weighted by atomic mass is 10.1. The van der Waals surface area contributed by atoms with E-state index in [0.717, 1.165) is 25.1 Å². The average molecular weight is 452 g/mol. The number of ether oxygens (including phenoxy) is 2. The molecular formula is C26H33N3O4. The van der Waals surface area contributed by atoms with Gasteiger partial charge < -0.3 is 19.3 Å². The molecule has 0 aromatic heterocycles. The molecule has 0 N–H and O–H groups in total. The van der Waals surface area contributed by atoms with E-state index in [1.807, 2.05) is 41.0 Å². The lowest BCUT2D eigenvalue weighted by molar-refractivity contribution is -0.120. The first kappa shape index (κ1) is 23.1. The minimum absolute atomic E-state index is 0.0163. The highest BCUT2D eigenvalue weighted by Gasteiger charge is 2.28. The number of carbonyl (C=O) groups is 2. The summed E-state index contributed by atoms with van der Waals surface area (Å²) in [6.07, 6.45) is 1.82. The molecule has 0 spiro atoms. The number of benzene rings is 2. The van der Waals surface area contributed by atoms with E-state index in [-0.39, 0.29) is 11.8 Å². The third-order valence-corrected chi connectivity index (χ3v) is 6.16. The summed E-state index contributed by atoms with van der Waals surface area (Å²) in [6.45, 7) is 8.78. The van der Waals surface area contributed by atoms with Gasteiger partial charge in [-0.2, -0.15) is 0 Å². The molecule has 2 heterocycles. The molecule has 0 radical (unpaired) electrons. The number of rotatable bonds is 8. The standard InChI is InChI=1S/C26H33N3O4/c1-3-17-33-23-10-9-21(18-24(23)32-4-2)26(31)28-15-13-27(14-16-28)19-25(30)29-12-11-20-7-5-6-8-22(20)29/h5-10,18H,3-4,11-17,19H2,1-2H3. The Labute approximate surface area is 195 Å². The van der Waals surface area contributed by atoms with Gasteiger partial charge in [0.25, 0.3) is 5.91 Å². The summed E-state index contributed by atoms with van der Waals surface area (Å²) in [6, 6.07) is 13.5. The number of anilines is 1. The van der Waals surface area contributed by atoms with Crippen LogP contribution < -0.4 is 14.4 Å². The average Bonchev–Trinajstić information content (AvgIpc) is 3.28. The van der Waals surface area contributed by atoms with Crippen LogP contribution in [0.1, 0.15) is 36.2 Å². The lowest BCUT2D eigenvalue weighted by Crippen LogP contribution is -2.51. The van der Waals surface area contributed by atoms with E-state index < -0.39 is 0 Å². The van der Waals surface area contributed by atoms with Crippen LogP contribution in [0, 0.1) is 0 Å². The Kier molecular flexibility index (Phi) is 7.50. The maximum atomic E-state index is 13.1. The number of fused-ring (bicyclic) bond motifs is 1.